The molecule has 4 atom stereocenters. The maximum absolute atomic E-state index is 12.3. The third-order valence-electron chi connectivity index (χ3n) is 6.77. The van der Waals surface area contributed by atoms with Crippen LogP contribution >= 0.6 is 0 Å². The van der Waals surface area contributed by atoms with E-state index in [1.807, 2.05) is 60.8 Å². The van der Waals surface area contributed by atoms with Crippen LogP contribution in [0.5, 0.6) is 0 Å². The van der Waals surface area contributed by atoms with Crippen molar-refractivity contribution in [2.75, 3.05) is 25.5 Å². The topological polar surface area (TPSA) is 110 Å². The predicted octanol–water partition coefficient (Wildman–Crippen LogP) is 4.18. The van der Waals surface area contributed by atoms with E-state index in [9.17, 15) is 14.7 Å². The average Bonchev–Trinajstić information content (AvgIpc) is 2.96. The number of carbonyl (C=O) groups is 2. The van der Waals surface area contributed by atoms with Crippen molar-refractivity contribution in [1.29, 1.82) is 0 Å². The molecule has 0 unspecified atom stereocenters. The summed E-state index contributed by atoms with van der Waals surface area (Å²) in [6.07, 6.45) is 1.57. The Morgan fingerprint density at radius 1 is 1.07 bits per heavy atom. The third-order valence-corrected chi connectivity index (χ3v) is 6.77. The van der Waals surface area contributed by atoms with E-state index in [0.29, 0.717) is 12.1 Å². The molecule has 2 aromatic carbocycles. The summed E-state index contributed by atoms with van der Waals surface area (Å²) >= 11 is 0. The monoisotopic (exact) mass is 547 g/mol. The van der Waals surface area contributed by atoms with Gasteiger partial charge in [0.15, 0.2) is 12.4 Å². The number of ether oxygens (including phenoxy) is 3. The van der Waals surface area contributed by atoms with Crippen molar-refractivity contribution >= 4 is 17.6 Å². The molecule has 4 rings (SSSR count). The second-order valence-corrected chi connectivity index (χ2v) is 10.0. The molecule has 1 aliphatic heterocycles. The van der Waals surface area contributed by atoms with Crippen LogP contribution in [0.3, 0.4) is 0 Å². The van der Waals surface area contributed by atoms with Gasteiger partial charge in [-0.15, -0.1) is 0 Å². The number of likely N-dealkylation sites (N-methyl/N-ethyl adjacent to an activating group) is 1. The average molecular weight is 548 g/mol. The number of aromatic nitrogens is 1. The molecule has 9 heteroatoms. The molecule has 0 saturated carbocycles. The number of hydrogen-bond acceptors (Lipinski definition) is 8. The Morgan fingerprint density at radius 3 is 2.45 bits per heavy atom. The zero-order valence-corrected chi connectivity index (χ0v) is 23.2. The first-order chi connectivity index (χ1) is 19.3. The SMILES string of the molecule is CC(=O)O[C@@H](C)C(=O)Nc1ccc([C@@H]2O[C@H](CN(C)CCc3ccccn3)C[C@H](c3ccc(CO)cc3)O2)cc1. The van der Waals surface area contributed by atoms with Gasteiger partial charge in [0, 0.05) is 56.0 Å². The van der Waals surface area contributed by atoms with Crippen LogP contribution in [0.2, 0.25) is 0 Å². The van der Waals surface area contributed by atoms with Gasteiger partial charge in [0.25, 0.3) is 5.91 Å². The van der Waals surface area contributed by atoms with Gasteiger partial charge in [0.05, 0.1) is 18.8 Å². The molecule has 3 aromatic rings. The molecule has 2 N–H and O–H groups in total. The fourth-order valence-corrected chi connectivity index (χ4v) is 4.59. The summed E-state index contributed by atoms with van der Waals surface area (Å²) in [4.78, 5) is 30.1. The molecule has 0 spiro atoms. The fraction of sp³-hybridized carbons (Fsp3) is 0.387. The van der Waals surface area contributed by atoms with Crippen LogP contribution in [0, 0.1) is 0 Å². The largest absolute Gasteiger partial charge is 0.453 e. The summed E-state index contributed by atoms with van der Waals surface area (Å²) in [7, 11) is 2.08. The molecule has 0 radical (unpaired) electrons. The van der Waals surface area contributed by atoms with E-state index < -0.39 is 24.3 Å². The number of anilines is 1. The second-order valence-electron chi connectivity index (χ2n) is 10.0. The van der Waals surface area contributed by atoms with Crippen LogP contribution in [0.1, 0.15) is 55.0 Å². The number of aliphatic hydroxyl groups is 1. The van der Waals surface area contributed by atoms with E-state index in [1.54, 1.807) is 12.1 Å². The van der Waals surface area contributed by atoms with Crippen LogP contribution in [-0.4, -0.2) is 59.2 Å². The van der Waals surface area contributed by atoms with E-state index in [-0.39, 0.29) is 18.8 Å². The predicted molar refractivity (Wildman–Crippen MR) is 150 cm³/mol. The summed E-state index contributed by atoms with van der Waals surface area (Å²) in [6, 6.07) is 21.0. The van der Waals surface area contributed by atoms with E-state index in [1.165, 1.54) is 13.8 Å². The molecule has 1 aliphatic rings. The second kappa shape index (κ2) is 14.1. The molecule has 1 aromatic heterocycles. The molecule has 1 saturated heterocycles. The van der Waals surface area contributed by atoms with E-state index in [4.69, 9.17) is 14.2 Å². The highest BCUT2D eigenvalue weighted by atomic mass is 16.7. The Labute approximate surface area is 235 Å². The molecule has 9 nitrogen and oxygen atoms in total. The minimum atomic E-state index is -0.893. The molecule has 0 bridgehead atoms. The van der Waals surface area contributed by atoms with E-state index in [2.05, 4.69) is 22.2 Å². The highest BCUT2D eigenvalue weighted by Crippen LogP contribution is 2.38. The molecular weight excluding hydrogens is 510 g/mol. The number of pyridine rings is 1. The lowest BCUT2D eigenvalue weighted by molar-refractivity contribution is -0.252. The normalized spacial score (nSPS) is 19.7. The fourth-order valence-electron chi connectivity index (χ4n) is 4.59. The summed E-state index contributed by atoms with van der Waals surface area (Å²) in [6.45, 7) is 4.35. The van der Waals surface area contributed by atoms with Crippen LogP contribution in [0.15, 0.2) is 72.9 Å². The molecular formula is C31H37N3O6. The highest BCUT2D eigenvalue weighted by Gasteiger charge is 2.32. The highest BCUT2D eigenvalue weighted by molar-refractivity contribution is 5.94. The molecule has 2 heterocycles. The first kappa shape index (κ1) is 29.4. The summed E-state index contributed by atoms with van der Waals surface area (Å²) < 4.78 is 17.8. The van der Waals surface area contributed by atoms with Gasteiger partial charge in [-0.25, -0.2) is 0 Å². The smallest absolute Gasteiger partial charge is 0.303 e. The van der Waals surface area contributed by atoms with Gasteiger partial charge in [0.1, 0.15) is 0 Å². The van der Waals surface area contributed by atoms with Crippen molar-refractivity contribution in [3.63, 3.8) is 0 Å². The Kier molecular flexibility index (Phi) is 10.4. The number of rotatable bonds is 11. The molecule has 0 aliphatic carbocycles. The van der Waals surface area contributed by atoms with Crippen molar-refractivity contribution in [3.05, 3.63) is 95.3 Å². The van der Waals surface area contributed by atoms with Crippen molar-refractivity contribution < 1.29 is 28.9 Å². The third kappa shape index (κ3) is 8.43. The Balaban J connectivity index is 1.44. The number of carbonyl (C=O) groups excluding carboxylic acids is 2. The van der Waals surface area contributed by atoms with Gasteiger partial charge in [-0.2, -0.15) is 0 Å². The maximum Gasteiger partial charge on any atom is 0.303 e. The Bertz CT molecular complexity index is 1240. The molecule has 1 amide bonds. The quantitative estimate of drug-likeness (QED) is 0.344. The minimum absolute atomic E-state index is 0.0101. The lowest BCUT2D eigenvalue weighted by Gasteiger charge is -2.38. The standard InChI is InChI=1S/C31H37N3O6/c1-21(38-22(2)36)30(37)33-27-13-11-25(12-14-27)31-39-28(19-34(3)17-15-26-6-4-5-16-32-26)18-29(40-31)24-9-7-23(20-35)8-10-24/h4-14,16,21,28-29,31,35H,15,17-20H2,1-3H3,(H,33,37)/t21-,28-,29+,31+/m0/s1. The number of nitrogens with one attached hydrogen (secondary N) is 1. The van der Waals surface area contributed by atoms with Crippen molar-refractivity contribution in [1.82, 2.24) is 9.88 Å². The minimum Gasteiger partial charge on any atom is -0.453 e. The lowest BCUT2D eigenvalue weighted by Crippen LogP contribution is -2.38. The first-order valence-electron chi connectivity index (χ1n) is 13.5. The number of esters is 1. The van der Waals surface area contributed by atoms with Crippen LogP contribution in [-0.2, 0) is 36.8 Å². The number of nitrogens with zero attached hydrogens (tertiary/aromatic N) is 2. The maximum atomic E-state index is 12.3. The van der Waals surface area contributed by atoms with Gasteiger partial charge in [-0.3, -0.25) is 14.6 Å². The lowest BCUT2D eigenvalue weighted by atomic mass is 9.99. The van der Waals surface area contributed by atoms with Crippen molar-refractivity contribution in [2.45, 2.75) is 57.9 Å². The van der Waals surface area contributed by atoms with Crippen LogP contribution in [0.4, 0.5) is 5.69 Å². The Morgan fingerprint density at radius 2 is 1.80 bits per heavy atom. The molecule has 1 fully saturated rings. The molecule has 212 valence electrons. The Hall–Kier alpha value is -3.63. The van der Waals surface area contributed by atoms with Gasteiger partial charge in [-0.05, 0) is 49.4 Å². The number of hydrogen-bond donors (Lipinski definition) is 2. The van der Waals surface area contributed by atoms with Crippen LogP contribution in [0.25, 0.3) is 0 Å². The number of amides is 1. The van der Waals surface area contributed by atoms with Gasteiger partial charge >= 0.3 is 5.97 Å². The molecule has 40 heavy (non-hydrogen) atoms. The number of benzene rings is 2. The summed E-state index contributed by atoms with van der Waals surface area (Å²) in [5, 5.41) is 12.2. The van der Waals surface area contributed by atoms with Crippen molar-refractivity contribution in [2.24, 2.45) is 0 Å². The number of aliphatic hydroxyl groups excluding tert-OH is 1. The van der Waals surface area contributed by atoms with E-state index in [0.717, 1.165) is 41.9 Å². The first-order valence-corrected chi connectivity index (χ1v) is 13.5. The van der Waals surface area contributed by atoms with Gasteiger partial charge in [-0.1, -0.05) is 42.5 Å². The summed E-state index contributed by atoms with van der Waals surface area (Å²) in [5.41, 5.74) is 4.32. The van der Waals surface area contributed by atoms with Crippen molar-refractivity contribution in [3.8, 4) is 0 Å². The zero-order valence-electron chi connectivity index (χ0n) is 23.2. The van der Waals surface area contributed by atoms with Gasteiger partial charge in [0.2, 0.25) is 0 Å². The summed E-state index contributed by atoms with van der Waals surface area (Å²) in [5.74, 6) is -0.921. The van der Waals surface area contributed by atoms with E-state index >= 15 is 0 Å². The zero-order chi connectivity index (χ0) is 28.5. The van der Waals surface area contributed by atoms with Gasteiger partial charge < -0.3 is 29.5 Å². The van der Waals surface area contributed by atoms with Crippen LogP contribution < -0.4 is 5.32 Å².